The molecule has 0 aliphatic carbocycles. The van der Waals surface area contributed by atoms with Gasteiger partial charge in [0.25, 0.3) is 5.91 Å². The van der Waals surface area contributed by atoms with Crippen LogP contribution < -0.4 is 20.3 Å². The molecule has 2 N–H and O–H groups in total. The molecule has 9 nitrogen and oxygen atoms in total. The van der Waals surface area contributed by atoms with Crippen LogP contribution in [0.25, 0.3) is 10.2 Å². The zero-order valence-electron chi connectivity index (χ0n) is 22.3. The lowest BCUT2D eigenvalue weighted by molar-refractivity contribution is -0.127. The second-order valence-corrected chi connectivity index (χ2v) is 10.7. The van der Waals surface area contributed by atoms with Gasteiger partial charge in [-0.2, -0.15) is 13.5 Å². The second kappa shape index (κ2) is 12.7. The summed E-state index contributed by atoms with van der Waals surface area (Å²) in [4.78, 5) is 47.8. The fourth-order valence-corrected chi connectivity index (χ4v) is 6.25. The van der Waals surface area contributed by atoms with Crippen molar-refractivity contribution in [3.63, 3.8) is 0 Å². The predicted molar refractivity (Wildman–Crippen MR) is 173 cm³/mol. The number of thiophene rings is 1. The number of piperidine rings is 1. The van der Waals surface area contributed by atoms with E-state index in [0.717, 1.165) is 24.2 Å². The monoisotopic (exact) mass is 603 g/mol. The third-order valence-corrected chi connectivity index (χ3v) is 8.18. The number of nitrogens with zero attached hydrogens (tertiary/aromatic N) is 3. The van der Waals surface area contributed by atoms with Gasteiger partial charge in [0.1, 0.15) is 21.2 Å². The topological polar surface area (TPSA) is 104 Å². The molecule has 0 unspecified atom stereocenters. The van der Waals surface area contributed by atoms with Gasteiger partial charge in [0, 0.05) is 25.3 Å². The van der Waals surface area contributed by atoms with Crippen molar-refractivity contribution in [1.82, 2.24) is 15.2 Å². The van der Waals surface area contributed by atoms with Crippen LogP contribution in [0.5, 0.6) is 11.5 Å². The van der Waals surface area contributed by atoms with Crippen LogP contribution in [0.2, 0.25) is 0 Å². The summed E-state index contributed by atoms with van der Waals surface area (Å²) in [5, 5.41) is 6.71. The smallest absolute Gasteiger partial charge is 0.331 e. The van der Waals surface area contributed by atoms with Crippen LogP contribution in [0.1, 0.15) is 35.5 Å². The van der Waals surface area contributed by atoms with Crippen molar-refractivity contribution >= 4 is 70.0 Å². The first-order valence-corrected chi connectivity index (χ1v) is 13.8. The molecule has 4 amide bonds. The first-order chi connectivity index (χ1) is 19.4. The van der Waals surface area contributed by atoms with E-state index in [0.29, 0.717) is 51.0 Å². The highest BCUT2D eigenvalue weighted by Gasteiger charge is 2.34. The van der Waals surface area contributed by atoms with Crippen LogP contribution >= 0.6 is 24.8 Å². The Bertz CT molecular complexity index is 1660. The van der Waals surface area contributed by atoms with Crippen molar-refractivity contribution in [2.75, 3.05) is 23.3 Å². The molecule has 1 fully saturated rings. The number of nitrogens with one attached hydrogen (secondary N) is 2. The first-order valence-electron chi connectivity index (χ1n) is 13.0. The molecule has 2 aromatic heterocycles. The van der Waals surface area contributed by atoms with E-state index in [1.54, 1.807) is 22.1 Å². The number of carbonyl (C=O) groups excluding carboxylic acids is 3. The number of pyridine rings is 1. The third-order valence-electron chi connectivity index (χ3n) is 7.08. The Balaban J connectivity index is 0.00000202. The van der Waals surface area contributed by atoms with Gasteiger partial charge in [0.15, 0.2) is 0 Å². The molecule has 4 heterocycles. The number of aryl methyl sites for hydroxylation is 1. The van der Waals surface area contributed by atoms with Gasteiger partial charge in [-0.1, -0.05) is 32.2 Å². The summed E-state index contributed by atoms with van der Waals surface area (Å²) in [5.41, 5.74) is 2.65. The summed E-state index contributed by atoms with van der Waals surface area (Å²) >= 11 is 1.24. The zero-order valence-corrected chi connectivity index (χ0v) is 24.2. The first kappa shape index (κ1) is 30.6. The average molecular weight is 604 g/mol. The molecule has 0 bridgehead atoms. The largest absolute Gasteiger partial charge is 0.457 e. The molecule has 0 saturated carbocycles. The number of aromatic nitrogens is 1. The number of anilines is 3. The lowest BCUT2D eigenvalue weighted by Crippen LogP contribution is -2.49. The Labute approximate surface area is 255 Å². The highest BCUT2D eigenvalue weighted by Crippen LogP contribution is 2.46. The molecule has 2 aliphatic rings. The summed E-state index contributed by atoms with van der Waals surface area (Å²) in [7, 11) is 0. The summed E-state index contributed by atoms with van der Waals surface area (Å²) < 4.78 is 5.96. The highest BCUT2D eigenvalue weighted by molar-refractivity contribution is 7.59. The van der Waals surface area contributed by atoms with E-state index in [1.165, 1.54) is 17.4 Å². The van der Waals surface area contributed by atoms with E-state index in [4.69, 9.17) is 4.74 Å². The Kier molecular flexibility index (Phi) is 9.23. The van der Waals surface area contributed by atoms with Crippen molar-refractivity contribution in [1.29, 1.82) is 0 Å². The van der Waals surface area contributed by atoms with Gasteiger partial charge in [-0.3, -0.25) is 14.5 Å². The maximum atomic E-state index is 13.5. The van der Waals surface area contributed by atoms with Crippen LogP contribution in [-0.4, -0.2) is 46.9 Å². The Hall–Kier alpha value is -4.35. The number of ether oxygens (including phenoxy) is 1. The molecule has 2 aromatic carbocycles. The second-order valence-electron chi connectivity index (χ2n) is 9.75. The molecule has 6 rings (SSSR count). The van der Waals surface area contributed by atoms with Gasteiger partial charge >= 0.3 is 6.03 Å². The molecular formula is C31H33N5O4S2. The standard InChI is InChI=1S/C30H27N5O4S.CH4.H2S/c1-3-24(36)34-15-7-8-19(17-34)32-28(37)27-26-25-23(13-14-31-29(25)40-27)35(30(38)33-26)22-12-11-21(16-18(22)2)39-20-9-5-4-6-10-20;;/h3-6,9-14,16,19H,1,7-8,15,17H2,2H3,(H,32,37)(H,33,38);1H4;1H2/t19-;;/m0../s1. The van der Waals surface area contributed by atoms with Gasteiger partial charge in [0.05, 0.1) is 22.4 Å². The SMILES string of the molecule is C.C=CC(=O)N1CCC[C@H](NC(=O)c2sc3nccc4c3c2NC(=O)N4c2ccc(Oc3ccccc3)cc2C)C1.S. The number of urea groups is 1. The lowest BCUT2D eigenvalue weighted by atomic mass is 10.1. The minimum absolute atomic E-state index is 0. The van der Waals surface area contributed by atoms with Crippen LogP contribution in [0, 0.1) is 6.92 Å². The number of hydrogen-bond donors (Lipinski definition) is 2. The Morgan fingerprint density at radius 3 is 2.67 bits per heavy atom. The summed E-state index contributed by atoms with van der Waals surface area (Å²) in [5.74, 6) is 0.945. The van der Waals surface area contributed by atoms with Crippen LogP contribution in [0.4, 0.5) is 21.9 Å². The van der Waals surface area contributed by atoms with Crippen molar-refractivity contribution in [2.24, 2.45) is 0 Å². The number of benzene rings is 2. The molecule has 0 radical (unpaired) electrons. The van der Waals surface area contributed by atoms with Crippen LogP contribution in [0.3, 0.4) is 0 Å². The van der Waals surface area contributed by atoms with E-state index in [9.17, 15) is 14.4 Å². The van der Waals surface area contributed by atoms with Crippen LogP contribution in [0.15, 0.2) is 73.4 Å². The number of amides is 4. The van der Waals surface area contributed by atoms with E-state index in [2.05, 4.69) is 22.2 Å². The molecule has 1 saturated heterocycles. The number of hydrogen-bond acceptors (Lipinski definition) is 6. The quantitative estimate of drug-likeness (QED) is 0.238. The van der Waals surface area contributed by atoms with Gasteiger partial charge in [0.2, 0.25) is 5.91 Å². The van der Waals surface area contributed by atoms with E-state index >= 15 is 0 Å². The van der Waals surface area contributed by atoms with Crippen molar-refractivity contribution < 1.29 is 19.1 Å². The molecular weight excluding hydrogens is 571 g/mol. The van der Waals surface area contributed by atoms with Gasteiger partial charge in [-0.05, 0) is 67.8 Å². The molecule has 42 heavy (non-hydrogen) atoms. The van der Waals surface area contributed by atoms with Crippen molar-refractivity contribution in [3.05, 3.63) is 83.9 Å². The maximum absolute atomic E-state index is 13.5. The minimum Gasteiger partial charge on any atom is -0.457 e. The Morgan fingerprint density at radius 1 is 1.14 bits per heavy atom. The predicted octanol–water partition coefficient (Wildman–Crippen LogP) is 6.74. The van der Waals surface area contributed by atoms with Crippen molar-refractivity contribution in [3.8, 4) is 11.5 Å². The molecule has 0 spiro atoms. The number of rotatable bonds is 6. The maximum Gasteiger partial charge on any atom is 0.331 e. The summed E-state index contributed by atoms with van der Waals surface area (Å²) in [6.07, 6.45) is 4.49. The minimum atomic E-state index is -0.368. The number of carbonyl (C=O) groups is 3. The normalized spacial score (nSPS) is 15.6. The average Bonchev–Trinajstić information content (AvgIpc) is 3.33. The molecule has 218 valence electrons. The number of para-hydroxylation sites is 1. The van der Waals surface area contributed by atoms with Gasteiger partial charge < -0.3 is 20.3 Å². The highest BCUT2D eigenvalue weighted by atomic mass is 32.1. The molecule has 2 aliphatic heterocycles. The molecule has 1 atom stereocenters. The summed E-state index contributed by atoms with van der Waals surface area (Å²) in [6, 6.07) is 16.3. The van der Waals surface area contributed by atoms with Gasteiger partial charge in [-0.25, -0.2) is 9.78 Å². The van der Waals surface area contributed by atoms with E-state index < -0.39 is 0 Å². The van der Waals surface area contributed by atoms with Crippen molar-refractivity contribution in [2.45, 2.75) is 33.2 Å². The Morgan fingerprint density at radius 2 is 1.93 bits per heavy atom. The fourth-order valence-electron chi connectivity index (χ4n) is 5.23. The lowest BCUT2D eigenvalue weighted by Gasteiger charge is -2.32. The van der Waals surface area contributed by atoms with E-state index in [-0.39, 0.29) is 44.8 Å². The third kappa shape index (κ3) is 5.70. The fraction of sp³-hybridized carbons (Fsp3) is 0.226. The number of likely N-dealkylation sites (tertiary alicyclic amines) is 1. The summed E-state index contributed by atoms with van der Waals surface area (Å²) in [6.45, 7) is 6.54. The zero-order chi connectivity index (χ0) is 27.8. The van der Waals surface area contributed by atoms with E-state index in [1.807, 2.05) is 55.5 Å². The van der Waals surface area contributed by atoms with Gasteiger partial charge in [-0.15, -0.1) is 11.3 Å². The molecule has 4 aromatic rings. The molecule has 11 heteroatoms. The van der Waals surface area contributed by atoms with Crippen LogP contribution in [-0.2, 0) is 4.79 Å².